The molecule has 1 unspecified atom stereocenters. The average molecular weight is 1010 g/mol. The molecule has 6 nitrogen and oxygen atoms in total. The van der Waals surface area contributed by atoms with Crippen molar-refractivity contribution in [3.05, 3.63) is 48.6 Å². The van der Waals surface area contributed by atoms with E-state index in [-0.39, 0.29) is 31.1 Å². The van der Waals surface area contributed by atoms with Crippen LogP contribution in [0.4, 0.5) is 0 Å². The van der Waals surface area contributed by atoms with E-state index in [9.17, 15) is 14.4 Å². The summed E-state index contributed by atoms with van der Waals surface area (Å²) < 4.78 is 16.8. The standard InChI is InChI=1S/C66H120O6/c1-4-7-10-13-15-17-19-21-23-25-27-29-31-33-35-36-38-40-42-44-46-48-50-53-56-59-65(68)71-62-63(61-70-64(67)58-55-52-12-9-6-3)72-66(69)60-57-54-51-49-47-45-43-41-39-37-34-32-30-28-26-24-22-20-18-16-14-11-8-5-2/h7,10,15,17,21,23,27,29,63H,4-6,8-9,11-14,16,18-20,22,24-26,28,30-62H2,1-3H3/b10-7-,17-15-,23-21-,29-27-. The lowest BCUT2D eigenvalue weighted by Crippen LogP contribution is -2.30. The SMILES string of the molecule is CC/C=C\C/C=C\C/C=C\C/C=C\CCCCCCCCCCCCCCC(=O)OCC(COC(=O)CCCCCCC)OC(=O)CCCCCCCCCCCCCCCCCCCCCCCCCC. The second-order valence-electron chi connectivity index (χ2n) is 21.3. The van der Waals surface area contributed by atoms with Crippen LogP contribution in [0.3, 0.4) is 0 Å². The molecule has 0 heterocycles. The molecule has 6 heteroatoms. The molecule has 0 aromatic rings. The van der Waals surface area contributed by atoms with Crippen LogP contribution in [0.25, 0.3) is 0 Å². The minimum atomic E-state index is -0.768. The average Bonchev–Trinajstić information content (AvgIpc) is 3.38. The minimum Gasteiger partial charge on any atom is -0.462 e. The molecule has 0 amide bonds. The van der Waals surface area contributed by atoms with Crippen LogP contribution in [-0.2, 0) is 28.6 Å². The van der Waals surface area contributed by atoms with Gasteiger partial charge in [-0.1, -0.05) is 307 Å². The van der Waals surface area contributed by atoms with Crippen molar-refractivity contribution in [2.45, 2.75) is 341 Å². The fraction of sp³-hybridized carbons (Fsp3) is 0.833. The number of esters is 3. The smallest absolute Gasteiger partial charge is 0.306 e. The second kappa shape index (κ2) is 60.9. The van der Waals surface area contributed by atoms with E-state index >= 15 is 0 Å². The van der Waals surface area contributed by atoms with E-state index in [1.165, 1.54) is 205 Å². The molecule has 0 rings (SSSR count). The normalized spacial score (nSPS) is 12.3. The summed E-state index contributed by atoms with van der Waals surface area (Å²) >= 11 is 0. The van der Waals surface area contributed by atoms with Crippen molar-refractivity contribution in [2.24, 2.45) is 0 Å². The Labute approximate surface area is 448 Å². The number of hydrogen-bond donors (Lipinski definition) is 0. The third-order valence-electron chi connectivity index (χ3n) is 14.1. The van der Waals surface area contributed by atoms with Crippen molar-refractivity contribution in [1.82, 2.24) is 0 Å². The fourth-order valence-corrected chi connectivity index (χ4v) is 9.38. The lowest BCUT2D eigenvalue weighted by atomic mass is 10.0. The summed E-state index contributed by atoms with van der Waals surface area (Å²) in [5.41, 5.74) is 0. The number of carbonyl (C=O) groups is 3. The molecular weight excluding hydrogens is 889 g/mol. The zero-order valence-electron chi connectivity index (χ0n) is 48.2. The predicted octanol–water partition coefficient (Wildman–Crippen LogP) is 21.4. The van der Waals surface area contributed by atoms with E-state index in [4.69, 9.17) is 14.2 Å². The number of hydrogen-bond acceptors (Lipinski definition) is 6. The van der Waals surface area contributed by atoms with Crippen LogP contribution in [0.15, 0.2) is 48.6 Å². The van der Waals surface area contributed by atoms with Gasteiger partial charge in [-0.15, -0.1) is 0 Å². The number of allylic oxidation sites excluding steroid dienone is 8. The van der Waals surface area contributed by atoms with Crippen LogP contribution in [0, 0.1) is 0 Å². The van der Waals surface area contributed by atoms with E-state index in [1.807, 2.05) is 0 Å². The van der Waals surface area contributed by atoms with E-state index in [2.05, 4.69) is 69.4 Å². The van der Waals surface area contributed by atoms with Gasteiger partial charge in [0.25, 0.3) is 0 Å². The van der Waals surface area contributed by atoms with Crippen LogP contribution < -0.4 is 0 Å². The van der Waals surface area contributed by atoms with E-state index < -0.39 is 6.10 Å². The quantitative estimate of drug-likeness (QED) is 0.0261. The summed E-state index contributed by atoms with van der Waals surface area (Å²) in [4.78, 5) is 37.9. The summed E-state index contributed by atoms with van der Waals surface area (Å²) in [5.74, 6) is -0.867. The highest BCUT2D eigenvalue weighted by Crippen LogP contribution is 2.18. The third kappa shape index (κ3) is 58.3. The second-order valence-corrected chi connectivity index (χ2v) is 21.3. The molecule has 0 aliphatic carbocycles. The van der Waals surface area contributed by atoms with Gasteiger partial charge in [-0.2, -0.15) is 0 Å². The Balaban J connectivity index is 4.00. The Bertz CT molecular complexity index is 1250. The highest BCUT2D eigenvalue weighted by Gasteiger charge is 2.19. The zero-order chi connectivity index (χ0) is 52.2. The molecule has 0 aromatic carbocycles. The molecule has 0 fully saturated rings. The van der Waals surface area contributed by atoms with Crippen molar-refractivity contribution < 1.29 is 28.6 Å². The van der Waals surface area contributed by atoms with Gasteiger partial charge in [-0.25, -0.2) is 0 Å². The molecule has 1 atom stereocenters. The minimum absolute atomic E-state index is 0.0704. The first-order valence-electron chi connectivity index (χ1n) is 31.6. The summed E-state index contributed by atoms with van der Waals surface area (Å²) in [6.07, 6.45) is 76.0. The maximum absolute atomic E-state index is 12.8. The van der Waals surface area contributed by atoms with Gasteiger partial charge >= 0.3 is 17.9 Å². The zero-order valence-corrected chi connectivity index (χ0v) is 48.2. The maximum atomic E-state index is 12.8. The molecule has 420 valence electrons. The summed E-state index contributed by atoms with van der Waals surface area (Å²) in [6, 6.07) is 0. The number of ether oxygens (including phenoxy) is 3. The molecule has 0 saturated heterocycles. The maximum Gasteiger partial charge on any atom is 0.306 e. The Morgan fingerprint density at radius 1 is 0.292 bits per heavy atom. The molecule has 0 saturated carbocycles. The highest BCUT2D eigenvalue weighted by atomic mass is 16.6. The number of rotatable bonds is 58. The topological polar surface area (TPSA) is 78.9 Å². The van der Waals surface area contributed by atoms with Gasteiger partial charge < -0.3 is 14.2 Å². The van der Waals surface area contributed by atoms with Crippen molar-refractivity contribution >= 4 is 17.9 Å². The van der Waals surface area contributed by atoms with E-state index in [1.54, 1.807) is 0 Å². The van der Waals surface area contributed by atoms with Gasteiger partial charge in [0, 0.05) is 19.3 Å². The molecule has 0 aliphatic heterocycles. The molecule has 0 aliphatic rings. The van der Waals surface area contributed by atoms with Crippen LogP contribution in [0.5, 0.6) is 0 Å². The Hall–Kier alpha value is -2.63. The van der Waals surface area contributed by atoms with Crippen molar-refractivity contribution in [3.8, 4) is 0 Å². The van der Waals surface area contributed by atoms with Crippen LogP contribution in [0.1, 0.15) is 335 Å². The fourth-order valence-electron chi connectivity index (χ4n) is 9.38. The molecule has 0 N–H and O–H groups in total. The van der Waals surface area contributed by atoms with E-state index in [0.717, 1.165) is 89.9 Å². The van der Waals surface area contributed by atoms with Gasteiger partial charge in [0.2, 0.25) is 0 Å². The third-order valence-corrected chi connectivity index (χ3v) is 14.1. The van der Waals surface area contributed by atoms with Crippen LogP contribution in [-0.4, -0.2) is 37.2 Å². The van der Waals surface area contributed by atoms with Gasteiger partial charge in [-0.05, 0) is 57.8 Å². The van der Waals surface area contributed by atoms with Gasteiger partial charge in [-0.3, -0.25) is 14.4 Å². The first-order valence-corrected chi connectivity index (χ1v) is 31.6. The van der Waals surface area contributed by atoms with Gasteiger partial charge in [0.1, 0.15) is 13.2 Å². The van der Waals surface area contributed by atoms with Crippen molar-refractivity contribution in [3.63, 3.8) is 0 Å². The van der Waals surface area contributed by atoms with Gasteiger partial charge in [0.05, 0.1) is 0 Å². The molecular formula is C66H120O6. The predicted molar refractivity (Wildman–Crippen MR) is 312 cm³/mol. The number of unbranched alkanes of at least 4 members (excludes halogenated alkanes) is 39. The van der Waals surface area contributed by atoms with Gasteiger partial charge in [0.15, 0.2) is 6.10 Å². The van der Waals surface area contributed by atoms with E-state index in [0.29, 0.717) is 19.3 Å². The largest absolute Gasteiger partial charge is 0.462 e. The summed E-state index contributed by atoms with van der Waals surface area (Å²) in [6.45, 7) is 6.50. The lowest BCUT2D eigenvalue weighted by molar-refractivity contribution is -0.167. The van der Waals surface area contributed by atoms with Crippen LogP contribution >= 0.6 is 0 Å². The first kappa shape index (κ1) is 69.4. The summed E-state index contributed by atoms with van der Waals surface area (Å²) in [7, 11) is 0. The Kier molecular flexibility index (Phi) is 58.7. The lowest BCUT2D eigenvalue weighted by Gasteiger charge is -2.18. The molecule has 0 spiro atoms. The highest BCUT2D eigenvalue weighted by molar-refractivity contribution is 5.71. The monoisotopic (exact) mass is 1010 g/mol. The Morgan fingerprint density at radius 2 is 0.542 bits per heavy atom. The summed E-state index contributed by atoms with van der Waals surface area (Å²) in [5, 5.41) is 0. The molecule has 0 radical (unpaired) electrons. The Morgan fingerprint density at radius 3 is 0.847 bits per heavy atom. The molecule has 0 bridgehead atoms. The molecule has 0 aromatic heterocycles. The van der Waals surface area contributed by atoms with Crippen molar-refractivity contribution in [1.29, 1.82) is 0 Å². The molecule has 72 heavy (non-hydrogen) atoms. The first-order chi connectivity index (χ1) is 35.5. The number of carbonyl (C=O) groups excluding carboxylic acids is 3. The van der Waals surface area contributed by atoms with Crippen molar-refractivity contribution in [2.75, 3.05) is 13.2 Å². The van der Waals surface area contributed by atoms with Crippen LogP contribution in [0.2, 0.25) is 0 Å².